The standard InChI is InChI=1S/C20H23FN6O2S/c1-4-26-13-20(22-14(26)2)30(28,29)25(3)17-11-27(12-17)19-10-9-18(23-24-19)15-5-7-16(21)8-6-15/h5-10,13,17H,4,11-12H2,1-3H3. The van der Waals surface area contributed by atoms with Crippen molar-refractivity contribution < 1.29 is 12.8 Å². The summed E-state index contributed by atoms with van der Waals surface area (Å²) in [5.74, 6) is 1.05. The molecule has 0 radical (unpaired) electrons. The number of hydrogen-bond donors (Lipinski definition) is 0. The second kappa shape index (κ2) is 7.77. The molecule has 10 heteroatoms. The van der Waals surface area contributed by atoms with Gasteiger partial charge in [-0.3, -0.25) is 0 Å². The van der Waals surface area contributed by atoms with Crippen LogP contribution in [-0.4, -0.2) is 58.7 Å². The minimum atomic E-state index is -3.65. The number of likely N-dealkylation sites (N-methyl/N-ethyl adjacent to an activating group) is 1. The monoisotopic (exact) mass is 430 g/mol. The summed E-state index contributed by atoms with van der Waals surface area (Å²) in [6.07, 6.45) is 1.58. The molecular formula is C20H23FN6O2S. The van der Waals surface area contributed by atoms with E-state index in [0.29, 0.717) is 37.0 Å². The molecular weight excluding hydrogens is 407 g/mol. The molecule has 30 heavy (non-hydrogen) atoms. The van der Waals surface area contributed by atoms with E-state index in [1.165, 1.54) is 16.4 Å². The molecule has 1 fully saturated rings. The summed E-state index contributed by atoms with van der Waals surface area (Å²) in [5.41, 5.74) is 1.43. The number of imidazole rings is 1. The van der Waals surface area contributed by atoms with Crippen LogP contribution in [0, 0.1) is 12.7 Å². The lowest BCUT2D eigenvalue weighted by molar-refractivity contribution is 0.308. The van der Waals surface area contributed by atoms with Crippen molar-refractivity contribution in [2.45, 2.75) is 31.5 Å². The molecule has 8 nitrogen and oxygen atoms in total. The van der Waals surface area contributed by atoms with Gasteiger partial charge in [0.2, 0.25) is 0 Å². The van der Waals surface area contributed by atoms with E-state index in [2.05, 4.69) is 15.2 Å². The predicted octanol–water partition coefficient (Wildman–Crippen LogP) is 2.32. The lowest BCUT2D eigenvalue weighted by Crippen LogP contribution is -2.60. The fourth-order valence-electron chi connectivity index (χ4n) is 3.41. The fourth-order valence-corrected chi connectivity index (χ4v) is 4.74. The summed E-state index contributed by atoms with van der Waals surface area (Å²) in [6, 6.07) is 9.56. The lowest BCUT2D eigenvalue weighted by atomic mass is 10.1. The second-order valence-electron chi connectivity index (χ2n) is 7.28. The number of benzene rings is 1. The van der Waals surface area contributed by atoms with Gasteiger partial charge in [-0.05, 0) is 50.2 Å². The predicted molar refractivity (Wildman–Crippen MR) is 111 cm³/mol. The van der Waals surface area contributed by atoms with E-state index >= 15 is 0 Å². The zero-order valence-electron chi connectivity index (χ0n) is 17.0. The highest BCUT2D eigenvalue weighted by Gasteiger charge is 2.38. The van der Waals surface area contributed by atoms with E-state index in [4.69, 9.17) is 0 Å². The lowest BCUT2D eigenvalue weighted by Gasteiger charge is -2.43. The van der Waals surface area contributed by atoms with Crippen molar-refractivity contribution in [1.29, 1.82) is 0 Å². The molecule has 0 bridgehead atoms. The van der Waals surface area contributed by atoms with Gasteiger partial charge < -0.3 is 9.47 Å². The van der Waals surface area contributed by atoms with E-state index in [-0.39, 0.29) is 16.9 Å². The third-order valence-corrected chi connectivity index (χ3v) is 7.21. The van der Waals surface area contributed by atoms with E-state index in [1.807, 2.05) is 28.5 Å². The number of sulfonamides is 1. The molecule has 1 aliphatic heterocycles. The van der Waals surface area contributed by atoms with Gasteiger partial charge >= 0.3 is 0 Å². The largest absolute Gasteiger partial charge is 0.352 e. The molecule has 0 atom stereocenters. The molecule has 1 saturated heterocycles. The zero-order valence-corrected chi connectivity index (χ0v) is 17.8. The normalized spacial score (nSPS) is 14.9. The van der Waals surface area contributed by atoms with Crippen molar-refractivity contribution >= 4 is 15.8 Å². The molecule has 0 saturated carbocycles. The molecule has 0 aliphatic carbocycles. The van der Waals surface area contributed by atoms with Gasteiger partial charge in [0, 0.05) is 38.4 Å². The molecule has 2 aromatic heterocycles. The van der Waals surface area contributed by atoms with Crippen LogP contribution < -0.4 is 4.90 Å². The number of aromatic nitrogens is 4. The number of rotatable bonds is 6. The SMILES string of the molecule is CCn1cc(S(=O)(=O)N(C)C2CN(c3ccc(-c4ccc(F)cc4)nn3)C2)nc1C. The average molecular weight is 431 g/mol. The van der Waals surface area contributed by atoms with E-state index in [1.54, 1.807) is 32.3 Å². The first-order chi connectivity index (χ1) is 14.3. The van der Waals surface area contributed by atoms with Crippen LogP contribution in [0.25, 0.3) is 11.3 Å². The topological polar surface area (TPSA) is 84.2 Å². The molecule has 1 aromatic carbocycles. The molecule has 0 spiro atoms. The first kappa shape index (κ1) is 20.4. The second-order valence-corrected chi connectivity index (χ2v) is 9.22. The third kappa shape index (κ3) is 3.68. The summed E-state index contributed by atoms with van der Waals surface area (Å²) >= 11 is 0. The molecule has 158 valence electrons. The van der Waals surface area contributed by atoms with Gasteiger partial charge in [-0.1, -0.05) is 0 Å². The minimum Gasteiger partial charge on any atom is -0.352 e. The number of anilines is 1. The average Bonchev–Trinajstić information content (AvgIpc) is 3.09. The van der Waals surface area contributed by atoms with E-state index in [9.17, 15) is 12.8 Å². The van der Waals surface area contributed by atoms with Gasteiger partial charge in [0.25, 0.3) is 10.0 Å². The van der Waals surface area contributed by atoms with Crippen molar-refractivity contribution in [3.63, 3.8) is 0 Å². The van der Waals surface area contributed by atoms with Gasteiger partial charge in [-0.25, -0.2) is 17.8 Å². The van der Waals surface area contributed by atoms with Crippen LogP contribution in [0.1, 0.15) is 12.7 Å². The first-order valence-corrected chi connectivity index (χ1v) is 11.1. The highest BCUT2D eigenvalue weighted by molar-refractivity contribution is 7.89. The van der Waals surface area contributed by atoms with Crippen LogP contribution >= 0.6 is 0 Å². The Morgan fingerprint density at radius 2 is 1.83 bits per heavy atom. The minimum absolute atomic E-state index is 0.0752. The molecule has 1 aliphatic rings. The van der Waals surface area contributed by atoms with Crippen LogP contribution in [0.4, 0.5) is 10.2 Å². The van der Waals surface area contributed by atoms with Gasteiger partial charge in [-0.15, -0.1) is 10.2 Å². The van der Waals surface area contributed by atoms with Gasteiger partial charge in [0.1, 0.15) is 11.6 Å². The number of halogens is 1. The molecule has 0 N–H and O–H groups in total. The maximum Gasteiger partial charge on any atom is 0.262 e. The highest BCUT2D eigenvalue weighted by atomic mass is 32.2. The van der Waals surface area contributed by atoms with Crippen LogP contribution in [-0.2, 0) is 16.6 Å². The first-order valence-electron chi connectivity index (χ1n) is 9.66. The number of hydrogen-bond acceptors (Lipinski definition) is 6. The Bertz CT molecular complexity index is 1140. The smallest absolute Gasteiger partial charge is 0.262 e. The van der Waals surface area contributed by atoms with Gasteiger partial charge in [0.05, 0.1) is 11.7 Å². The number of nitrogens with zero attached hydrogens (tertiary/aromatic N) is 6. The molecule has 3 aromatic rings. The van der Waals surface area contributed by atoms with Crippen molar-refractivity contribution in [3.05, 3.63) is 54.2 Å². The van der Waals surface area contributed by atoms with E-state index < -0.39 is 10.0 Å². The maximum atomic E-state index is 13.1. The summed E-state index contributed by atoms with van der Waals surface area (Å²) in [6.45, 7) is 5.45. The van der Waals surface area contributed by atoms with Gasteiger partial charge in [0.15, 0.2) is 10.8 Å². The highest BCUT2D eigenvalue weighted by Crippen LogP contribution is 2.26. The molecule has 0 amide bonds. The Labute approximate surface area is 175 Å². The van der Waals surface area contributed by atoms with Crippen molar-refractivity contribution in [3.8, 4) is 11.3 Å². The quantitative estimate of drug-likeness (QED) is 0.597. The van der Waals surface area contributed by atoms with Crippen LogP contribution in [0.15, 0.2) is 47.6 Å². The fraction of sp³-hybridized carbons (Fsp3) is 0.350. The Morgan fingerprint density at radius 1 is 1.13 bits per heavy atom. The van der Waals surface area contributed by atoms with E-state index in [0.717, 1.165) is 5.56 Å². The van der Waals surface area contributed by atoms with Crippen LogP contribution in [0.3, 0.4) is 0 Å². The molecule has 3 heterocycles. The van der Waals surface area contributed by atoms with Crippen molar-refractivity contribution in [1.82, 2.24) is 24.1 Å². The molecule has 4 rings (SSSR count). The molecule has 0 unspecified atom stereocenters. The summed E-state index contributed by atoms with van der Waals surface area (Å²) in [7, 11) is -2.07. The Hall–Kier alpha value is -2.85. The number of aryl methyl sites for hydroxylation is 2. The Balaban J connectivity index is 1.42. The maximum absolute atomic E-state index is 13.1. The Morgan fingerprint density at radius 3 is 2.40 bits per heavy atom. The summed E-state index contributed by atoms with van der Waals surface area (Å²) in [4.78, 5) is 6.18. The third-order valence-electron chi connectivity index (χ3n) is 5.43. The Kier molecular flexibility index (Phi) is 5.29. The summed E-state index contributed by atoms with van der Waals surface area (Å²) in [5, 5.41) is 8.52. The van der Waals surface area contributed by atoms with Gasteiger partial charge in [-0.2, -0.15) is 4.31 Å². The van der Waals surface area contributed by atoms with Crippen LogP contribution in [0.2, 0.25) is 0 Å². The zero-order chi connectivity index (χ0) is 21.5. The summed E-state index contributed by atoms with van der Waals surface area (Å²) < 4.78 is 42.0. The van der Waals surface area contributed by atoms with Crippen LogP contribution in [0.5, 0.6) is 0 Å². The van der Waals surface area contributed by atoms with Crippen molar-refractivity contribution in [2.24, 2.45) is 0 Å². The van der Waals surface area contributed by atoms with Crippen molar-refractivity contribution in [2.75, 3.05) is 25.0 Å².